The van der Waals surface area contributed by atoms with E-state index in [9.17, 15) is 14.4 Å². The second-order valence-corrected chi connectivity index (χ2v) is 7.04. The highest BCUT2D eigenvalue weighted by Gasteiger charge is 2.27. The molecule has 0 fully saturated rings. The second kappa shape index (κ2) is 9.83. The minimum absolute atomic E-state index is 0.127. The van der Waals surface area contributed by atoms with E-state index in [0.29, 0.717) is 5.56 Å². The van der Waals surface area contributed by atoms with Gasteiger partial charge in [-0.05, 0) is 37.8 Å². The first-order chi connectivity index (χ1) is 13.0. The third-order valence-corrected chi connectivity index (χ3v) is 5.21. The Bertz CT molecular complexity index is 843. The molecule has 2 N–H and O–H groups in total. The number of thiophene rings is 2. The molecule has 0 aliphatic rings. The van der Waals surface area contributed by atoms with Crippen molar-refractivity contribution < 1.29 is 23.9 Å². The van der Waals surface area contributed by atoms with Gasteiger partial charge in [-0.25, -0.2) is 19.8 Å². The zero-order valence-corrected chi connectivity index (χ0v) is 16.7. The first kappa shape index (κ1) is 20.6. The summed E-state index contributed by atoms with van der Waals surface area (Å²) in [6.07, 6.45) is 1.50. The summed E-state index contributed by atoms with van der Waals surface area (Å²) < 4.78 is 10.0. The highest BCUT2D eigenvalue weighted by Crippen LogP contribution is 2.34. The van der Waals surface area contributed by atoms with Crippen molar-refractivity contribution in [3.05, 3.63) is 38.4 Å². The van der Waals surface area contributed by atoms with E-state index in [0.717, 1.165) is 16.2 Å². The lowest BCUT2D eigenvalue weighted by Gasteiger charge is -2.06. The number of nitrogens with zero attached hydrogens (tertiary/aromatic N) is 1. The maximum Gasteiger partial charge on any atom is 0.348 e. The lowest BCUT2D eigenvalue weighted by molar-refractivity contribution is 0.0527. The van der Waals surface area contributed by atoms with Crippen LogP contribution in [0.4, 0.5) is 9.80 Å². The van der Waals surface area contributed by atoms with Crippen LogP contribution >= 0.6 is 22.7 Å². The first-order valence-electron chi connectivity index (χ1n) is 8.09. The minimum atomic E-state index is -0.648. The van der Waals surface area contributed by atoms with Crippen LogP contribution in [0.1, 0.15) is 44.3 Å². The Morgan fingerprint density at radius 2 is 1.89 bits per heavy atom. The Labute approximate surface area is 164 Å². The van der Waals surface area contributed by atoms with Gasteiger partial charge in [-0.2, -0.15) is 5.10 Å². The van der Waals surface area contributed by atoms with Gasteiger partial charge in [0.1, 0.15) is 9.88 Å². The fourth-order valence-corrected chi connectivity index (χ4v) is 3.76. The van der Waals surface area contributed by atoms with E-state index in [2.05, 4.69) is 15.8 Å². The Morgan fingerprint density at radius 1 is 1.19 bits per heavy atom. The molecule has 0 spiro atoms. The second-order valence-electron chi connectivity index (χ2n) is 5.04. The lowest BCUT2D eigenvalue weighted by atomic mass is 10.1. The smallest absolute Gasteiger partial charge is 0.348 e. The van der Waals surface area contributed by atoms with E-state index in [-0.39, 0.29) is 28.7 Å². The molecule has 2 aromatic rings. The summed E-state index contributed by atoms with van der Waals surface area (Å²) in [6.45, 7) is 5.33. The first-order valence-corrected chi connectivity index (χ1v) is 9.78. The molecular formula is C17H19N3O5S2. The van der Waals surface area contributed by atoms with Crippen molar-refractivity contribution in [3.8, 4) is 0 Å². The Balaban J connectivity index is 2.20. The molecule has 144 valence electrons. The molecule has 8 nitrogen and oxygen atoms in total. The molecular weight excluding hydrogens is 390 g/mol. The Hall–Kier alpha value is -2.72. The van der Waals surface area contributed by atoms with Crippen LogP contribution in [0.15, 0.2) is 22.6 Å². The fraction of sp³-hybridized carbons (Fsp3) is 0.294. The number of ether oxygens (including phenoxy) is 2. The number of urea groups is 1. The molecule has 0 saturated carbocycles. The third kappa shape index (κ3) is 5.38. The fourth-order valence-electron chi connectivity index (χ4n) is 2.09. The van der Waals surface area contributed by atoms with Crippen LogP contribution in [0.25, 0.3) is 0 Å². The number of nitrogens with one attached hydrogen (secondary N) is 2. The largest absolute Gasteiger partial charge is 0.462 e. The van der Waals surface area contributed by atoms with Crippen molar-refractivity contribution in [1.29, 1.82) is 0 Å². The van der Waals surface area contributed by atoms with Gasteiger partial charge in [0.2, 0.25) is 0 Å². The zero-order chi connectivity index (χ0) is 19.8. The molecule has 0 aromatic carbocycles. The van der Waals surface area contributed by atoms with E-state index in [1.165, 1.54) is 17.6 Å². The van der Waals surface area contributed by atoms with Gasteiger partial charge in [0, 0.05) is 4.88 Å². The van der Waals surface area contributed by atoms with Crippen molar-refractivity contribution in [2.75, 3.05) is 18.5 Å². The number of amides is 2. The van der Waals surface area contributed by atoms with Gasteiger partial charge < -0.3 is 9.47 Å². The molecule has 0 aliphatic carbocycles. The van der Waals surface area contributed by atoms with Gasteiger partial charge in [0.25, 0.3) is 0 Å². The van der Waals surface area contributed by atoms with Crippen LogP contribution < -0.4 is 10.7 Å². The number of esters is 2. The van der Waals surface area contributed by atoms with E-state index in [1.807, 2.05) is 17.5 Å². The molecule has 10 heteroatoms. The zero-order valence-electron chi connectivity index (χ0n) is 15.0. The van der Waals surface area contributed by atoms with Crippen LogP contribution in [0.3, 0.4) is 0 Å². The van der Waals surface area contributed by atoms with Crippen LogP contribution in [-0.4, -0.2) is 37.4 Å². The standard InChI is InChI=1S/C17H19N3O5S2/c1-4-24-15(21)12-10(3)13(16(22)25-5-2)27-14(12)19-17(23)20-18-9-11-7-6-8-26-11/h6-9H,4-5H2,1-3H3,(H2,19,20,23). The maximum absolute atomic E-state index is 12.3. The molecule has 0 saturated heterocycles. The van der Waals surface area contributed by atoms with Crippen molar-refractivity contribution >= 4 is 51.9 Å². The number of hydrazone groups is 1. The quantitative estimate of drug-likeness (QED) is 0.413. The summed E-state index contributed by atoms with van der Waals surface area (Å²) in [5, 5.41) is 8.45. The van der Waals surface area contributed by atoms with Crippen LogP contribution in [0.5, 0.6) is 0 Å². The molecule has 2 aromatic heterocycles. The third-order valence-electron chi connectivity index (χ3n) is 3.22. The van der Waals surface area contributed by atoms with Crippen molar-refractivity contribution in [2.24, 2.45) is 5.10 Å². The van der Waals surface area contributed by atoms with Crippen molar-refractivity contribution in [3.63, 3.8) is 0 Å². The van der Waals surface area contributed by atoms with Gasteiger partial charge in [0.05, 0.1) is 25.0 Å². The van der Waals surface area contributed by atoms with E-state index in [4.69, 9.17) is 9.47 Å². The maximum atomic E-state index is 12.3. The van der Waals surface area contributed by atoms with E-state index in [1.54, 1.807) is 20.8 Å². The summed E-state index contributed by atoms with van der Waals surface area (Å²) >= 11 is 2.42. The molecule has 0 unspecified atom stereocenters. The van der Waals surface area contributed by atoms with Gasteiger partial charge in [-0.3, -0.25) is 5.32 Å². The number of hydrogen-bond donors (Lipinski definition) is 2. The topological polar surface area (TPSA) is 106 Å². The Kier molecular flexibility index (Phi) is 7.50. The van der Waals surface area contributed by atoms with Crippen LogP contribution in [0.2, 0.25) is 0 Å². The average Bonchev–Trinajstić information content (AvgIpc) is 3.23. The number of carbonyl (C=O) groups excluding carboxylic acids is 3. The SMILES string of the molecule is CCOC(=O)c1sc(NC(=O)NN=Cc2cccs2)c(C(=O)OCC)c1C. The van der Waals surface area contributed by atoms with Gasteiger partial charge in [0.15, 0.2) is 0 Å². The minimum Gasteiger partial charge on any atom is -0.462 e. The average molecular weight is 409 g/mol. The molecule has 0 atom stereocenters. The molecule has 27 heavy (non-hydrogen) atoms. The lowest BCUT2D eigenvalue weighted by Crippen LogP contribution is -2.24. The molecule has 0 radical (unpaired) electrons. The predicted molar refractivity (Wildman–Crippen MR) is 105 cm³/mol. The molecule has 2 heterocycles. The normalized spacial score (nSPS) is 10.6. The summed E-state index contributed by atoms with van der Waals surface area (Å²) in [6, 6.07) is 3.06. The van der Waals surface area contributed by atoms with E-state index < -0.39 is 18.0 Å². The molecule has 2 rings (SSSR count). The summed E-state index contributed by atoms with van der Waals surface area (Å²) in [7, 11) is 0. The van der Waals surface area contributed by atoms with Crippen molar-refractivity contribution in [1.82, 2.24) is 5.43 Å². The van der Waals surface area contributed by atoms with Gasteiger partial charge >= 0.3 is 18.0 Å². The highest BCUT2D eigenvalue weighted by atomic mass is 32.1. The van der Waals surface area contributed by atoms with E-state index >= 15 is 0 Å². The van der Waals surface area contributed by atoms with Gasteiger partial charge in [-0.15, -0.1) is 22.7 Å². The molecule has 0 bridgehead atoms. The monoisotopic (exact) mass is 409 g/mol. The highest BCUT2D eigenvalue weighted by molar-refractivity contribution is 7.18. The summed E-state index contributed by atoms with van der Waals surface area (Å²) in [5.41, 5.74) is 2.84. The van der Waals surface area contributed by atoms with Gasteiger partial charge in [-0.1, -0.05) is 6.07 Å². The molecule has 2 amide bonds. The van der Waals surface area contributed by atoms with Crippen LogP contribution in [0, 0.1) is 6.92 Å². The Morgan fingerprint density at radius 3 is 2.52 bits per heavy atom. The number of rotatable bonds is 7. The predicted octanol–water partition coefficient (Wildman–Crippen LogP) is 3.63. The number of carbonyl (C=O) groups is 3. The number of anilines is 1. The van der Waals surface area contributed by atoms with Crippen molar-refractivity contribution in [2.45, 2.75) is 20.8 Å². The summed E-state index contributed by atoms with van der Waals surface area (Å²) in [5.74, 6) is -1.19. The summed E-state index contributed by atoms with van der Waals surface area (Å²) in [4.78, 5) is 37.6. The molecule has 0 aliphatic heterocycles. The number of hydrogen-bond acceptors (Lipinski definition) is 8. The van der Waals surface area contributed by atoms with Crippen LogP contribution in [-0.2, 0) is 9.47 Å².